The Morgan fingerprint density at radius 2 is 1.00 bits per heavy atom. The van der Waals surface area contributed by atoms with E-state index in [2.05, 4.69) is 36.1 Å². The largest absolute Gasteiger partial charge is 0.0997 e. The van der Waals surface area contributed by atoms with Gasteiger partial charge in [-0.3, -0.25) is 0 Å². The van der Waals surface area contributed by atoms with Crippen LogP contribution in [0.15, 0.2) is 30.3 Å². The first-order valence-corrected chi connectivity index (χ1v) is 14.2. The monoisotopic (exact) mass is 384 g/mol. The van der Waals surface area contributed by atoms with E-state index < -0.39 is 6.89 Å². The molecule has 0 N–H and O–H groups in total. The highest BCUT2D eigenvalue weighted by Crippen LogP contribution is 2.69. The summed E-state index contributed by atoms with van der Waals surface area (Å²) in [6.45, 7) is -1.01. The third kappa shape index (κ3) is 4.58. The molecule has 1 heteroatoms. The van der Waals surface area contributed by atoms with Gasteiger partial charge in [-0.15, -0.1) is 0 Å². The molecule has 150 valence electrons. The highest BCUT2D eigenvalue weighted by molar-refractivity contribution is 7.76. The SMILES string of the molecule is C(Cc1ccccc1)=P(C1CCCCC1)(C1CCCCC1)C1CCCCC1. The molecule has 27 heavy (non-hydrogen) atoms. The fourth-order valence-corrected chi connectivity index (χ4v) is 13.8. The van der Waals surface area contributed by atoms with Gasteiger partial charge >= 0.3 is 0 Å². The molecule has 0 heterocycles. The highest BCUT2D eigenvalue weighted by Gasteiger charge is 2.42. The molecule has 1 aromatic rings. The van der Waals surface area contributed by atoms with Crippen LogP contribution in [0, 0.1) is 0 Å². The summed E-state index contributed by atoms with van der Waals surface area (Å²) in [5, 5.41) is 0. The van der Waals surface area contributed by atoms with Crippen molar-refractivity contribution in [3.63, 3.8) is 0 Å². The van der Waals surface area contributed by atoms with Gasteiger partial charge in [0.05, 0.1) is 0 Å². The second kappa shape index (κ2) is 9.82. The normalized spacial score (nSPS) is 24.0. The maximum atomic E-state index is 3.03. The van der Waals surface area contributed by atoms with E-state index >= 15 is 0 Å². The number of rotatable bonds is 5. The van der Waals surface area contributed by atoms with Crippen molar-refractivity contribution in [3.05, 3.63) is 35.9 Å². The minimum absolute atomic E-state index is 1.01. The first-order chi connectivity index (χ1) is 13.4. The lowest BCUT2D eigenvalue weighted by Gasteiger charge is -2.50. The lowest BCUT2D eigenvalue weighted by atomic mass is 9.99. The maximum Gasteiger partial charge on any atom is -0.00925 e. The van der Waals surface area contributed by atoms with E-state index in [0.29, 0.717) is 0 Å². The van der Waals surface area contributed by atoms with Crippen LogP contribution in [0.1, 0.15) is 102 Å². The van der Waals surface area contributed by atoms with Crippen LogP contribution in [0.4, 0.5) is 0 Å². The second-order valence-electron chi connectivity index (χ2n) is 9.64. The topological polar surface area (TPSA) is 0 Å². The first-order valence-electron chi connectivity index (χ1n) is 12.2. The Morgan fingerprint density at radius 1 is 0.593 bits per heavy atom. The van der Waals surface area contributed by atoms with E-state index in [4.69, 9.17) is 0 Å². The molecule has 0 bridgehead atoms. The third-order valence-electron chi connectivity index (χ3n) is 8.11. The van der Waals surface area contributed by atoms with Gasteiger partial charge in [0.1, 0.15) is 0 Å². The van der Waals surface area contributed by atoms with Crippen LogP contribution >= 0.6 is 6.89 Å². The van der Waals surface area contributed by atoms with E-state index in [9.17, 15) is 0 Å². The van der Waals surface area contributed by atoms with Gasteiger partial charge in [0, 0.05) is 0 Å². The smallest absolute Gasteiger partial charge is 0.00925 e. The summed E-state index contributed by atoms with van der Waals surface area (Å²) in [5.74, 6) is 3.03. The molecular formula is C26H41P. The summed E-state index contributed by atoms with van der Waals surface area (Å²) < 4.78 is 0. The van der Waals surface area contributed by atoms with E-state index in [1.807, 2.05) is 0 Å². The van der Waals surface area contributed by atoms with E-state index in [-0.39, 0.29) is 0 Å². The third-order valence-corrected chi connectivity index (χ3v) is 14.3. The van der Waals surface area contributed by atoms with Crippen molar-refractivity contribution >= 4 is 12.7 Å². The van der Waals surface area contributed by atoms with Gasteiger partial charge in [0.25, 0.3) is 0 Å². The summed E-state index contributed by atoms with van der Waals surface area (Å²) in [7, 11) is 0. The van der Waals surface area contributed by atoms with Crippen LogP contribution in [0.3, 0.4) is 0 Å². The molecule has 0 nitrogen and oxygen atoms in total. The average Bonchev–Trinajstić information content (AvgIpc) is 2.77. The Labute approximate surface area is 168 Å². The Morgan fingerprint density at radius 3 is 1.41 bits per heavy atom. The van der Waals surface area contributed by atoms with Gasteiger partial charge in [-0.1, -0.05) is 101 Å². The molecule has 0 amide bonds. The molecule has 0 aromatic heterocycles. The van der Waals surface area contributed by atoms with Crippen LogP contribution in [0.5, 0.6) is 0 Å². The van der Waals surface area contributed by atoms with Gasteiger partial charge < -0.3 is 0 Å². The molecule has 3 fully saturated rings. The minimum Gasteiger partial charge on any atom is -0.0997 e. The van der Waals surface area contributed by atoms with Gasteiger partial charge in [-0.2, -0.15) is 0 Å². The zero-order chi connectivity index (χ0) is 18.4. The van der Waals surface area contributed by atoms with Crippen molar-refractivity contribution < 1.29 is 0 Å². The zero-order valence-corrected chi connectivity index (χ0v) is 18.4. The molecule has 0 radical (unpaired) electrons. The van der Waals surface area contributed by atoms with E-state index in [1.54, 1.807) is 44.1 Å². The van der Waals surface area contributed by atoms with Gasteiger partial charge in [-0.05, 0) is 67.5 Å². The van der Waals surface area contributed by atoms with E-state index in [1.165, 1.54) is 64.2 Å². The van der Waals surface area contributed by atoms with Crippen LogP contribution in [-0.4, -0.2) is 22.8 Å². The molecule has 3 saturated carbocycles. The summed E-state index contributed by atoms with van der Waals surface area (Å²) in [4.78, 5) is 0. The predicted molar refractivity (Wildman–Crippen MR) is 124 cm³/mol. The van der Waals surface area contributed by atoms with Crippen molar-refractivity contribution in [2.45, 2.75) is 120 Å². The lowest BCUT2D eigenvalue weighted by Crippen LogP contribution is -2.33. The van der Waals surface area contributed by atoms with Crippen molar-refractivity contribution in [2.24, 2.45) is 0 Å². The maximum absolute atomic E-state index is 3.03. The fraction of sp³-hybridized carbons (Fsp3) is 0.731. The zero-order valence-electron chi connectivity index (χ0n) is 17.5. The number of hydrogen-bond acceptors (Lipinski definition) is 0. The standard InChI is InChI=1S/C26H41P/c1-5-13-23(14-6-1)21-22-27(24-15-7-2-8-16-24,25-17-9-3-10-18-25)26-19-11-4-12-20-26/h1,5-6,13-14,22,24-26H,2-4,7-12,15-21H2. The van der Waals surface area contributed by atoms with Gasteiger partial charge in [-0.25, -0.2) is 0 Å². The van der Waals surface area contributed by atoms with Crippen molar-refractivity contribution in [3.8, 4) is 0 Å². The first kappa shape index (κ1) is 19.8. The molecule has 4 rings (SSSR count). The second-order valence-corrected chi connectivity index (χ2v) is 14.0. The molecule has 0 unspecified atom stereocenters. The summed E-state index contributed by atoms with van der Waals surface area (Å²) >= 11 is 0. The molecular weight excluding hydrogens is 343 g/mol. The molecule has 3 aliphatic rings. The fourth-order valence-electron chi connectivity index (χ4n) is 6.80. The summed E-state index contributed by atoms with van der Waals surface area (Å²) in [5.41, 5.74) is 4.81. The predicted octanol–water partition coefficient (Wildman–Crippen LogP) is 8.05. The number of benzene rings is 1. The highest BCUT2D eigenvalue weighted by atomic mass is 31.2. The van der Waals surface area contributed by atoms with Crippen LogP contribution in [-0.2, 0) is 6.42 Å². The van der Waals surface area contributed by atoms with E-state index in [0.717, 1.165) is 17.0 Å². The van der Waals surface area contributed by atoms with Gasteiger partial charge in [0.15, 0.2) is 0 Å². The van der Waals surface area contributed by atoms with Gasteiger partial charge in [0.2, 0.25) is 0 Å². The Kier molecular flexibility index (Phi) is 7.21. The molecule has 1 aromatic carbocycles. The van der Waals surface area contributed by atoms with Crippen molar-refractivity contribution in [2.75, 3.05) is 0 Å². The average molecular weight is 385 g/mol. The Hall–Kier alpha value is -0.480. The molecule has 0 atom stereocenters. The van der Waals surface area contributed by atoms with Crippen LogP contribution in [0.2, 0.25) is 0 Å². The summed E-state index contributed by atoms with van der Waals surface area (Å²) in [6.07, 6.45) is 24.2. The molecule has 0 spiro atoms. The molecule has 0 aliphatic heterocycles. The van der Waals surface area contributed by atoms with Crippen LogP contribution < -0.4 is 0 Å². The number of hydrogen-bond donors (Lipinski definition) is 0. The lowest BCUT2D eigenvalue weighted by molar-refractivity contribution is 0.458. The molecule has 0 saturated heterocycles. The summed E-state index contributed by atoms with van der Waals surface area (Å²) in [6, 6.07) is 11.4. The Balaban J connectivity index is 1.73. The minimum atomic E-state index is -1.01. The quantitative estimate of drug-likeness (QED) is 0.450. The molecule has 3 aliphatic carbocycles. The Bertz CT molecular complexity index is 546. The van der Waals surface area contributed by atoms with Crippen LogP contribution in [0.25, 0.3) is 0 Å². The van der Waals surface area contributed by atoms with Crippen molar-refractivity contribution in [1.29, 1.82) is 0 Å². The van der Waals surface area contributed by atoms with Crippen molar-refractivity contribution in [1.82, 2.24) is 0 Å².